The van der Waals surface area contributed by atoms with Gasteiger partial charge < -0.3 is 0 Å². The highest BCUT2D eigenvalue weighted by molar-refractivity contribution is 5.78. The third-order valence-corrected chi connectivity index (χ3v) is 4.25. The van der Waals surface area contributed by atoms with E-state index in [1.807, 2.05) is 30.6 Å². The van der Waals surface area contributed by atoms with Gasteiger partial charge in [-0.2, -0.15) is 5.10 Å². The van der Waals surface area contributed by atoms with Crippen molar-refractivity contribution in [2.24, 2.45) is 0 Å². The Labute approximate surface area is 139 Å². The van der Waals surface area contributed by atoms with E-state index in [1.54, 1.807) is 12.4 Å². The number of hydrogen-bond acceptors (Lipinski definition) is 5. The van der Waals surface area contributed by atoms with Gasteiger partial charge in [0.05, 0.1) is 23.1 Å². The van der Waals surface area contributed by atoms with Crippen molar-refractivity contribution in [2.45, 2.75) is 33.6 Å². The fourth-order valence-corrected chi connectivity index (χ4v) is 2.89. The Bertz CT molecular complexity index is 1010. The maximum atomic E-state index is 4.74. The zero-order valence-electron chi connectivity index (χ0n) is 14.0. The molecule has 0 N–H and O–H groups in total. The minimum absolute atomic E-state index is 0.750. The highest BCUT2D eigenvalue weighted by Crippen LogP contribution is 2.17. The number of nitrogens with zero attached hydrogens (tertiary/aromatic N) is 6. The summed E-state index contributed by atoms with van der Waals surface area (Å²) in [5, 5.41) is 5.73. The summed E-state index contributed by atoms with van der Waals surface area (Å²) in [5.74, 6) is 0.821. The van der Waals surface area contributed by atoms with E-state index in [-0.39, 0.29) is 0 Å². The predicted molar refractivity (Wildman–Crippen MR) is 91.9 cm³/mol. The molecule has 0 aromatic carbocycles. The lowest BCUT2D eigenvalue weighted by atomic mass is 10.1. The molecule has 4 rings (SSSR count). The van der Waals surface area contributed by atoms with E-state index in [1.165, 1.54) is 5.56 Å². The van der Waals surface area contributed by atoms with Gasteiger partial charge in [0.25, 0.3) is 0 Å². The minimum Gasteiger partial charge on any atom is -0.262 e. The van der Waals surface area contributed by atoms with Crippen molar-refractivity contribution in [3.63, 3.8) is 0 Å². The molecule has 0 radical (unpaired) electrons. The van der Waals surface area contributed by atoms with Crippen LogP contribution in [0.3, 0.4) is 0 Å². The third kappa shape index (κ3) is 2.50. The average Bonchev–Trinajstić information content (AvgIpc) is 3.02. The first-order chi connectivity index (χ1) is 11.6. The Morgan fingerprint density at radius 2 is 1.92 bits per heavy atom. The van der Waals surface area contributed by atoms with Crippen LogP contribution in [0, 0.1) is 20.8 Å². The summed E-state index contributed by atoms with van der Waals surface area (Å²) in [4.78, 5) is 17.9. The first-order valence-electron chi connectivity index (χ1n) is 8.00. The first kappa shape index (κ1) is 14.7. The van der Waals surface area contributed by atoms with Crippen molar-refractivity contribution in [3.8, 4) is 0 Å². The van der Waals surface area contributed by atoms with Crippen LogP contribution in [0.1, 0.15) is 28.5 Å². The summed E-state index contributed by atoms with van der Waals surface area (Å²) in [6, 6.07) is 4.15. The van der Waals surface area contributed by atoms with Crippen molar-refractivity contribution >= 4 is 16.6 Å². The second-order valence-corrected chi connectivity index (χ2v) is 6.07. The van der Waals surface area contributed by atoms with E-state index in [2.05, 4.69) is 33.0 Å². The molecule has 0 aliphatic carbocycles. The van der Waals surface area contributed by atoms with Gasteiger partial charge in [0, 0.05) is 29.9 Å². The van der Waals surface area contributed by atoms with Crippen molar-refractivity contribution in [2.75, 3.05) is 0 Å². The summed E-state index contributed by atoms with van der Waals surface area (Å²) in [6.07, 6.45) is 6.98. The smallest absolute Gasteiger partial charge is 0.177 e. The summed E-state index contributed by atoms with van der Waals surface area (Å²) in [5.41, 5.74) is 5.90. The average molecular weight is 318 g/mol. The van der Waals surface area contributed by atoms with E-state index in [4.69, 9.17) is 4.98 Å². The van der Waals surface area contributed by atoms with Gasteiger partial charge in [-0.05, 0) is 44.9 Å². The van der Waals surface area contributed by atoms with E-state index < -0.39 is 0 Å². The van der Waals surface area contributed by atoms with Gasteiger partial charge >= 0.3 is 0 Å². The van der Waals surface area contributed by atoms with Gasteiger partial charge in [-0.25, -0.2) is 9.50 Å². The summed E-state index contributed by atoms with van der Waals surface area (Å²) < 4.78 is 1.86. The maximum Gasteiger partial charge on any atom is 0.177 e. The van der Waals surface area contributed by atoms with E-state index in [0.717, 1.165) is 52.3 Å². The van der Waals surface area contributed by atoms with Crippen LogP contribution in [0.2, 0.25) is 0 Å². The molecule has 0 saturated carbocycles. The predicted octanol–water partition coefficient (Wildman–Crippen LogP) is 2.78. The van der Waals surface area contributed by atoms with Crippen LogP contribution in [0.25, 0.3) is 16.6 Å². The molecular formula is C18H18N6. The van der Waals surface area contributed by atoms with Crippen molar-refractivity contribution in [3.05, 3.63) is 59.2 Å². The number of rotatable bonds is 3. The number of aromatic nitrogens is 6. The lowest BCUT2D eigenvalue weighted by molar-refractivity contribution is 0.805. The SMILES string of the molecule is Cc1cc2ccncc2nc1CCc1nc2c(C)ncc(C)n2n1. The van der Waals surface area contributed by atoms with Crippen molar-refractivity contribution < 1.29 is 0 Å². The molecule has 0 fully saturated rings. The largest absolute Gasteiger partial charge is 0.262 e. The van der Waals surface area contributed by atoms with Gasteiger partial charge in [-0.15, -0.1) is 0 Å². The molecule has 0 amide bonds. The normalized spacial score (nSPS) is 11.5. The molecule has 0 aliphatic rings. The molecule has 4 aromatic rings. The topological polar surface area (TPSA) is 68.9 Å². The molecular weight excluding hydrogens is 300 g/mol. The summed E-state index contributed by atoms with van der Waals surface area (Å²) in [6.45, 7) is 6.03. The Kier molecular flexibility index (Phi) is 3.45. The fourth-order valence-electron chi connectivity index (χ4n) is 2.89. The van der Waals surface area contributed by atoms with Crippen LogP contribution in [0.5, 0.6) is 0 Å². The molecule has 0 aliphatic heterocycles. The monoisotopic (exact) mass is 318 g/mol. The lowest BCUT2D eigenvalue weighted by Crippen LogP contribution is -2.00. The van der Waals surface area contributed by atoms with Crippen LogP contribution in [0.4, 0.5) is 0 Å². The van der Waals surface area contributed by atoms with Crippen molar-refractivity contribution in [1.29, 1.82) is 0 Å². The molecule has 6 heteroatoms. The van der Waals surface area contributed by atoms with E-state index in [9.17, 15) is 0 Å². The van der Waals surface area contributed by atoms with Gasteiger partial charge in [0.15, 0.2) is 11.5 Å². The van der Waals surface area contributed by atoms with E-state index in [0.29, 0.717) is 0 Å². The minimum atomic E-state index is 0.750. The molecule has 0 spiro atoms. The Balaban J connectivity index is 1.64. The summed E-state index contributed by atoms with van der Waals surface area (Å²) >= 11 is 0. The Morgan fingerprint density at radius 1 is 1.04 bits per heavy atom. The van der Waals surface area contributed by atoms with Gasteiger partial charge in [-0.1, -0.05) is 0 Å². The van der Waals surface area contributed by atoms with Gasteiger partial charge in [0.1, 0.15) is 0 Å². The zero-order valence-corrected chi connectivity index (χ0v) is 14.0. The Morgan fingerprint density at radius 3 is 2.75 bits per heavy atom. The fraction of sp³-hybridized carbons (Fsp3) is 0.278. The number of hydrogen-bond donors (Lipinski definition) is 0. The summed E-state index contributed by atoms with van der Waals surface area (Å²) in [7, 11) is 0. The second-order valence-electron chi connectivity index (χ2n) is 6.07. The van der Waals surface area contributed by atoms with Crippen LogP contribution in [0.15, 0.2) is 30.7 Å². The lowest BCUT2D eigenvalue weighted by Gasteiger charge is -2.05. The van der Waals surface area contributed by atoms with Crippen LogP contribution >= 0.6 is 0 Å². The third-order valence-electron chi connectivity index (χ3n) is 4.25. The quantitative estimate of drug-likeness (QED) is 0.581. The molecule has 120 valence electrons. The number of pyridine rings is 2. The highest BCUT2D eigenvalue weighted by Gasteiger charge is 2.10. The molecule has 0 bridgehead atoms. The van der Waals surface area contributed by atoms with E-state index >= 15 is 0 Å². The number of fused-ring (bicyclic) bond motifs is 2. The highest BCUT2D eigenvalue weighted by atomic mass is 15.3. The molecule has 24 heavy (non-hydrogen) atoms. The molecule has 4 heterocycles. The Hall–Kier alpha value is -2.89. The van der Waals surface area contributed by atoms with Gasteiger partial charge in [-0.3, -0.25) is 15.0 Å². The second kappa shape index (κ2) is 5.63. The van der Waals surface area contributed by atoms with Gasteiger partial charge in [0.2, 0.25) is 0 Å². The standard InChI is InChI=1S/C18H18N6/c1-11-8-14-6-7-19-10-16(14)21-15(11)4-5-17-22-18-13(3)20-9-12(2)24(18)23-17/h6-10H,4-5H2,1-3H3. The maximum absolute atomic E-state index is 4.74. The van der Waals surface area contributed by atoms with Crippen LogP contribution in [-0.2, 0) is 12.8 Å². The number of aryl methyl sites for hydroxylation is 5. The molecule has 6 nitrogen and oxygen atoms in total. The molecule has 0 atom stereocenters. The molecule has 4 aromatic heterocycles. The van der Waals surface area contributed by atoms with Crippen LogP contribution < -0.4 is 0 Å². The molecule has 0 unspecified atom stereocenters. The van der Waals surface area contributed by atoms with Crippen LogP contribution in [-0.4, -0.2) is 29.5 Å². The van der Waals surface area contributed by atoms with Crippen molar-refractivity contribution in [1.82, 2.24) is 29.5 Å². The zero-order chi connectivity index (χ0) is 16.7. The first-order valence-corrected chi connectivity index (χ1v) is 8.00. The molecule has 0 saturated heterocycles.